The first-order valence-corrected chi connectivity index (χ1v) is 11.4. The molecular formula is C26H23ClFN3O4. The zero-order valence-electron chi connectivity index (χ0n) is 18.8. The van der Waals surface area contributed by atoms with Crippen molar-refractivity contribution in [3.8, 4) is 0 Å². The summed E-state index contributed by atoms with van der Waals surface area (Å²) in [5.41, 5.74) is 2.03. The SMILES string of the molecule is CCNC(=O)[C@H]1[C@@H](c2cccc(NC(=O)c3ccc(F)cc3)c2)OC(=O)N1Cc1cccc(Cl)c1. The lowest BCUT2D eigenvalue weighted by Crippen LogP contribution is -2.46. The number of amides is 3. The zero-order chi connectivity index (χ0) is 24.9. The number of halogens is 2. The van der Waals surface area contributed by atoms with Crippen LogP contribution in [0.4, 0.5) is 14.9 Å². The van der Waals surface area contributed by atoms with Gasteiger partial charge in [-0.25, -0.2) is 9.18 Å². The molecule has 0 aromatic heterocycles. The quantitative estimate of drug-likeness (QED) is 0.486. The van der Waals surface area contributed by atoms with E-state index < -0.39 is 30.0 Å². The lowest BCUT2D eigenvalue weighted by Gasteiger charge is -2.24. The van der Waals surface area contributed by atoms with Crippen LogP contribution in [0.15, 0.2) is 72.8 Å². The number of likely N-dealkylation sites (N-methyl/N-ethyl adjacent to an activating group) is 1. The van der Waals surface area contributed by atoms with Gasteiger partial charge in [0, 0.05) is 22.8 Å². The van der Waals surface area contributed by atoms with Crippen molar-refractivity contribution < 1.29 is 23.5 Å². The fraction of sp³-hybridized carbons (Fsp3) is 0.192. The summed E-state index contributed by atoms with van der Waals surface area (Å²) < 4.78 is 18.8. The van der Waals surface area contributed by atoms with Gasteiger partial charge in [-0.05, 0) is 66.6 Å². The number of rotatable bonds is 7. The Morgan fingerprint density at radius 1 is 1.06 bits per heavy atom. The van der Waals surface area contributed by atoms with E-state index >= 15 is 0 Å². The van der Waals surface area contributed by atoms with E-state index in [0.29, 0.717) is 22.8 Å². The number of hydrogen-bond acceptors (Lipinski definition) is 4. The Balaban J connectivity index is 1.59. The van der Waals surface area contributed by atoms with Gasteiger partial charge >= 0.3 is 6.09 Å². The van der Waals surface area contributed by atoms with Crippen LogP contribution in [0.1, 0.15) is 34.5 Å². The number of nitrogens with zero attached hydrogens (tertiary/aromatic N) is 1. The third-order valence-corrected chi connectivity index (χ3v) is 5.76. The third kappa shape index (κ3) is 5.60. The van der Waals surface area contributed by atoms with Crippen molar-refractivity contribution in [2.24, 2.45) is 0 Å². The van der Waals surface area contributed by atoms with Gasteiger partial charge in [0.25, 0.3) is 5.91 Å². The Labute approximate surface area is 206 Å². The molecule has 2 N–H and O–H groups in total. The molecule has 180 valence electrons. The van der Waals surface area contributed by atoms with Crippen molar-refractivity contribution in [1.29, 1.82) is 0 Å². The van der Waals surface area contributed by atoms with Crippen molar-refractivity contribution in [2.75, 3.05) is 11.9 Å². The van der Waals surface area contributed by atoms with E-state index in [1.54, 1.807) is 49.4 Å². The zero-order valence-corrected chi connectivity index (χ0v) is 19.6. The largest absolute Gasteiger partial charge is 0.438 e. The van der Waals surface area contributed by atoms with E-state index in [0.717, 1.165) is 5.56 Å². The maximum atomic E-state index is 13.2. The molecular weight excluding hydrogens is 473 g/mol. The van der Waals surface area contributed by atoms with Crippen LogP contribution >= 0.6 is 11.6 Å². The van der Waals surface area contributed by atoms with Crippen molar-refractivity contribution in [3.05, 3.63) is 100 Å². The highest BCUT2D eigenvalue weighted by molar-refractivity contribution is 6.30. The molecule has 1 fully saturated rings. The van der Waals surface area contributed by atoms with E-state index in [1.165, 1.54) is 29.2 Å². The molecule has 0 aliphatic carbocycles. The van der Waals surface area contributed by atoms with Crippen LogP contribution in [0.5, 0.6) is 0 Å². The first-order valence-electron chi connectivity index (χ1n) is 11.0. The van der Waals surface area contributed by atoms with Crippen molar-refractivity contribution in [3.63, 3.8) is 0 Å². The van der Waals surface area contributed by atoms with Gasteiger partial charge in [0.2, 0.25) is 5.91 Å². The summed E-state index contributed by atoms with van der Waals surface area (Å²) >= 11 is 6.08. The number of anilines is 1. The van der Waals surface area contributed by atoms with Crippen LogP contribution in [0.25, 0.3) is 0 Å². The Morgan fingerprint density at radius 3 is 2.51 bits per heavy atom. The topological polar surface area (TPSA) is 87.7 Å². The van der Waals surface area contributed by atoms with Gasteiger partial charge in [-0.2, -0.15) is 0 Å². The molecule has 0 spiro atoms. The summed E-state index contributed by atoms with van der Waals surface area (Å²) in [5, 5.41) is 6.04. The Bertz CT molecular complexity index is 1250. The highest BCUT2D eigenvalue weighted by atomic mass is 35.5. The van der Waals surface area contributed by atoms with Gasteiger partial charge in [-0.1, -0.05) is 35.9 Å². The molecule has 3 amide bonds. The minimum absolute atomic E-state index is 0.138. The molecule has 1 heterocycles. The fourth-order valence-electron chi connectivity index (χ4n) is 3.92. The number of nitrogens with one attached hydrogen (secondary N) is 2. The Morgan fingerprint density at radius 2 is 1.80 bits per heavy atom. The van der Waals surface area contributed by atoms with E-state index in [2.05, 4.69) is 10.6 Å². The molecule has 4 rings (SSSR count). The van der Waals surface area contributed by atoms with Gasteiger partial charge < -0.3 is 15.4 Å². The molecule has 3 aromatic rings. The number of hydrogen-bond donors (Lipinski definition) is 2. The normalized spacial score (nSPS) is 17.1. The van der Waals surface area contributed by atoms with Crippen molar-refractivity contribution in [2.45, 2.75) is 25.6 Å². The highest BCUT2D eigenvalue weighted by Gasteiger charge is 2.46. The van der Waals surface area contributed by atoms with Crippen LogP contribution in [-0.2, 0) is 16.1 Å². The Hall–Kier alpha value is -3.91. The number of carbonyl (C=O) groups is 3. The Kier molecular flexibility index (Phi) is 7.31. The molecule has 0 bridgehead atoms. The van der Waals surface area contributed by atoms with E-state index in [9.17, 15) is 18.8 Å². The van der Waals surface area contributed by atoms with Crippen LogP contribution in [-0.4, -0.2) is 35.4 Å². The second kappa shape index (κ2) is 10.6. The molecule has 1 aliphatic heterocycles. The number of carbonyl (C=O) groups excluding carboxylic acids is 3. The van der Waals surface area contributed by atoms with Gasteiger partial charge in [0.15, 0.2) is 12.1 Å². The molecule has 35 heavy (non-hydrogen) atoms. The van der Waals surface area contributed by atoms with Crippen LogP contribution in [0.2, 0.25) is 5.02 Å². The average Bonchev–Trinajstić information content (AvgIpc) is 3.16. The molecule has 0 radical (unpaired) electrons. The van der Waals surface area contributed by atoms with Crippen LogP contribution in [0, 0.1) is 5.82 Å². The molecule has 2 atom stereocenters. The van der Waals surface area contributed by atoms with Gasteiger partial charge in [-0.15, -0.1) is 0 Å². The third-order valence-electron chi connectivity index (χ3n) is 5.53. The maximum absolute atomic E-state index is 13.2. The van der Waals surface area contributed by atoms with Crippen molar-refractivity contribution >= 4 is 35.2 Å². The van der Waals surface area contributed by atoms with Crippen LogP contribution < -0.4 is 10.6 Å². The lowest BCUT2D eigenvalue weighted by molar-refractivity contribution is -0.126. The lowest BCUT2D eigenvalue weighted by atomic mass is 10.00. The smallest absolute Gasteiger partial charge is 0.411 e. The summed E-state index contributed by atoms with van der Waals surface area (Å²) in [6, 6.07) is 18.0. The molecule has 0 unspecified atom stereocenters. The number of cyclic esters (lactones) is 1. The standard InChI is InChI=1S/C26H23ClFN3O4/c1-2-29-25(33)22-23(35-26(34)31(22)15-16-5-3-7-19(27)13-16)18-6-4-8-21(14-18)30-24(32)17-9-11-20(28)12-10-17/h3-14,22-23H,2,15H2,1H3,(H,29,33)(H,30,32)/t22-,23-/m1/s1. The highest BCUT2D eigenvalue weighted by Crippen LogP contribution is 2.35. The number of ether oxygens (including phenoxy) is 1. The van der Waals surface area contributed by atoms with Gasteiger partial charge in [0.1, 0.15) is 5.82 Å². The predicted molar refractivity (Wildman–Crippen MR) is 129 cm³/mol. The van der Waals surface area contributed by atoms with Gasteiger partial charge in [0.05, 0.1) is 6.54 Å². The summed E-state index contributed by atoms with van der Waals surface area (Å²) in [7, 11) is 0. The minimum Gasteiger partial charge on any atom is -0.438 e. The fourth-order valence-corrected chi connectivity index (χ4v) is 4.13. The minimum atomic E-state index is -0.926. The van der Waals surface area contributed by atoms with E-state index in [-0.39, 0.29) is 18.0 Å². The molecule has 0 saturated carbocycles. The molecule has 3 aromatic carbocycles. The van der Waals surface area contributed by atoms with Crippen LogP contribution in [0.3, 0.4) is 0 Å². The molecule has 1 saturated heterocycles. The molecule has 9 heteroatoms. The summed E-state index contributed by atoms with van der Waals surface area (Å²) in [6.45, 7) is 2.31. The van der Waals surface area contributed by atoms with E-state index in [1.807, 2.05) is 6.07 Å². The van der Waals surface area contributed by atoms with Gasteiger partial charge in [-0.3, -0.25) is 14.5 Å². The summed E-state index contributed by atoms with van der Waals surface area (Å²) in [6.07, 6.45) is -1.53. The van der Waals surface area contributed by atoms with Crippen molar-refractivity contribution in [1.82, 2.24) is 10.2 Å². The summed E-state index contributed by atoms with van der Waals surface area (Å²) in [5.74, 6) is -1.22. The first kappa shape index (κ1) is 24.2. The second-order valence-electron chi connectivity index (χ2n) is 7.99. The maximum Gasteiger partial charge on any atom is 0.411 e. The van der Waals surface area contributed by atoms with E-state index in [4.69, 9.17) is 16.3 Å². The summed E-state index contributed by atoms with van der Waals surface area (Å²) in [4.78, 5) is 39.8. The monoisotopic (exact) mass is 495 g/mol. The second-order valence-corrected chi connectivity index (χ2v) is 8.42. The average molecular weight is 496 g/mol. The predicted octanol–water partition coefficient (Wildman–Crippen LogP) is 4.93. The molecule has 1 aliphatic rings. The number of benzene rings is 3. The first-order chi connectivity index (χ1) is 16.9. The molecule has 7 nitrogen and oxygen atoms in total.